The van der Waals surface area contributed by atoms with Gasteiger partial charge in [0, 0.05) is 5.54 Å². The smallest absolute Gasteiger partial charge is 0.342 e. The number of benzene rings is 1. The zero-order chi connectivity index (χ0) is 18.6. The summed E-state index contributed by atoms with van der Waals surface area (Å²) in [5.74, 6) is -0.855. The lowest BCUT2D eigenvalue weighted by molar-refractivity contribution is -0.125. The lowest BCUT2D eigenvalue weighted by Gasteiger charge is -2.20. The Morgan fingerprint density at radius 1 is 1.16 bits per heavy atom. The molecule has 2 rings (SSSR count). The van der Waals surface area contributed by atoms with Crippen LogP contribution in [0.2, 0.25) is 0 Å². The molecule has 25 heavy (non-hydrogen) atoms. The van der Waals surface area contributed by atoms with Crippen LogP contribution in [0.3, 0.4) is 0 Å². The Morgan fingerprint density at radius 3 is 2.40 bits per heavy atom. The molecule has 6 nitrogen and oxygen atoms in total. The minimum Gasteiger partial charge on any atom is -0.452 e. The van der Waals surface area contributed by atoms with Gasteiger partial charge in [0.15, 0.2) is 6.61 Å². The van der Waals surface area contributed by atoms with E-state index in [0.29, 0.717) is 17.8 Å². The summed E-state index contributed by atoms with van der Waals surface area (Å²) < 4.78 is 6.93. The molecule has 1 N–H and O–H groups in total. The zero-order valence-corrected chi connectivity index (χ0v) is 15.4. The first-order valence-electron chi connectivity index (χ1n) is 8.23. The predicted octanol–water partition coefficient (Wildman–Crippen LogP) is 2.62. The zero-order valence-electron chi connectivity index (χ0n) is 15.4. The summed E-state index contributed by atoms with van der Waals surface area (Å²) in [6, 6.07) is 9.89. The van der Waals surface area contributed by atoms with E-state index in [0.717, 1.165) is 11.3 Å². The lowest BCUT2D eigenvalue weighted by Crippen LogP contribution is -2.42. The number of esters is 1. The monoisotopic (exact) mass is 343 g/mol. The maximum absolute atomic E-state index is 12.4. The van der Waals surface area contributed by atoms with Crippen LogP contribution in [0.25, 0.3) is 0 Å². The number of hydrogen-bond donors (Lipinski definition) is 1. The molecular formula is C19H25N3O3. The summed E-state index contributed by atoms with van der Waals surface area (Å²) in [4.78, 5) is 24.2. The molecule has 0 saturated carbocycles. The van der Waals surface area contributed by atoms with Gasteiger partial charge in [-0.05, 0) is 40.2 Å². The number of carbonyl (C=O) groups excluding carboxylic acids is 2. The third-order valence-electron chi connectivity index (χ3n) is 3.61. The number of nitrogens with one attached hydrogen (secondary N) is 1. The summed E-state index contributed by atoms with van der Waals surface area (Å²) in [7, 11) is 0. The van der Waals surface area contributed by atoms with Crippen LogP contribution >= 0.6 is 0 Å². The number of hydrogen-bond acceptors (Lipinski definition) is 4. The molecule has 0 aliphatic carbocycles. The summed E-state index contributed by atoms with van der Waals surface area (Å²) in [6.45, 7) is 9.47. The van der Waals surface area contributed by atoms with Crippen LogP contribution in [0.4, 0.5) is 0 Å². The molecule has 0 radical (unpaired) electrons. The van der Waals surface area contributed by atoms with Crippen molar-refractivity contribution in [2.75, 3.05) is 6.61 Å². The number of carbonyl (C=O) groups is 2. The van der Waals surface area contributed by atoms with Crippen molar-refractivity contribution >= 4 is 11.9 Å². The molecule has 1 aromatic heterocycles. The van der Waals surface area contributed by atoms with Crippen LogP contribution in [-0.2, 0) is 16.1 Å². The van der Waals surface area contributed by atoms with Gasteiger partial charge in [0.05, 0.1) is 17.9 Å². The lowest BCUT2D eigenvalue weighted by atomic mass is 10.1. The summed E-state index contributed by atoms with van der Waals surface area (Å²) in [5.41, 5.74) is 2.46. The second kappa shape index (κ2) is 7.51. The van der Waals surface area contributed by atoms with E-state index in [4.69, 9.17) is 4.74 Å². The Kier molecular flexibility index (Phi) is 5.62. The van der Waals surface area contributed by atoms with Crippen LogP contribution in [-0.4, -0.2) is 33.8 Å². The largest absolute Gasteiger partial charge is 0.452 e. The predicted molar refractivity (Wildman–Crippen MR) is 95.4 cm³/mol. The van der Waals surface area contributed by atoms with E-state index < -0.39 is 5.97 Å². The molecule has 6 heteroatoms. The maximum atomic E-state index is 12.4. The van der Waals surface area contributed by atoms with E-state index >= 15 is 0 Å². The third-order valence-corrected chi connectivity index (χ3v) is 3.61. The fourth-order valence-corrected chi connectivity index (χ4v) is 2.56. The molecule has 0 spiro atoms. The Labute approximate surface area is 148 Å². The number of rotatable bonds is 5. The molecule has 0 aliphatic rings. The summed E-state index contributed by atoms with van der Waals surface area (Å²) >= 11 is 0. The number of aryl methyl sites for hydroxylation is 1. The number of amides is 1. The van der Waals surface area contributed by atoms with E-state index in [1.807, 2.05) is 58.0 Å². The van der Waals surface area contributed by atoms with E-state index in [9.17, 15) is 9.59 Å². The van der Waals surface area contributed by atoms with Gasteiger partial charge in [0.25, 0.3) is 5.91 Å². The van der Waals surface area contributed by atoms with Crippen LogP contribution in [0.15, 0.2) is 30.3 Å². The average Bonchev–Trinajstić information content (AvgIpc) is 2.78. The Bertz CT molecular complexity index is 758. The van der Waals surface area contributed by atoms with Gasteiger partial charge in [-0.2, -0.15) is 5.10 Å². The quantitative estimate of drug-likeness (QED) is 0.847. The molecule has 2 aromatic rings. The molecule has 1 aromatic carbocycles. The van der Waals surface area contributed by atoms with Gasteiger partial charge in [-0.15, -0.1) is 0 Å². The Morgan fingerprint density at radius 2 is 1.80 bits per heavy atom. The molecule has 0 unspecified atom stereocenters. The van der Waals surface area contributed by atoms with Crippen molar-refractivity contribution in [2.24, 2.45) is 0 Å². The fraction of sp³-hybridized carbons (Fsp3) is 0.421. The number of nitrogens with zero attached hydrogens (tertiary/aromatic N) is 2. The standard InChI is InChI=1S/C19H25N3O3/c1-13-17(18(24)25-12-16(23)20-19(3,4)5)14(2)22(21-13)11-15-9-7-6-8-10-15/h6-10H,11-12H2,1-5H3,(H,20,23). The highest BCUT2D eigenvalue weighted by atomic mass is 16.5. The van der Waals surface area contributed by atoms with Crippen molar-refractivity contribution < 1.29 is 14.3 Å². The molecule has 0 fully saturated rings. The molecule has 1 amide bonds. The fourth-order valence-electron chi connectivity index (χ4n) is 2.56. The van der Waals surface area contributed by atoms with Gasteiger partial charge in [0.1, 0.15) is 5.56 Å². The third kappa shape index (κ3) is 5.17. The van der Waals surface area contributed by atoms with Crippen LogP contribution in [0.5, 0.6) is 0 Å². The highest BCUT2D eigenvalue weighted by Crippen LogP contribution is 2.16. The molecule has 0 aliphatic heterocycles. The SMILES string of the molecule is Cc1nn(Cc2ccccc2)c(C)c1C(=O)OCC(=O)NC(C)(C)C. The van der Waals surface area contributed by atoms with Crippen molar-refractivity contribution in [1.29, 1.82) is 0 Å². The molecule has 1 heterocycles. The van der Waals surface area contributed by atoms with Crippen molar-refractivity contribution in [3.05, 3.63) is 52.8 Å². The van der Waals surface area contributed by atoms with Gasteiger partial charge in [0.2, 0.25) is 0 Å². The van der Waals surface area contributed by atoms with Crippen molar-refractivity contribution in [1.82, 2.24) is 15.1 Å². The molecule has 0 saturated heterocycles. The van der Waals surface area contributed by atoms with Gasteiger partial charge >= 0.3 is 5.97 Å². The first kappa shape index (κ1) is 18.7. The molecule has 0 atom stereocenters. The minimum absolute atomic E-state index is 0.307. The molecule has 0 bridgehead atoms. The first-order chi connectivity index (χ1) is 11.7. The minimum atomic E-state index is -0.529. The van der Waals surface area contributed by atoms with Gasteiger partial charge < -0.3 is 10.1 Å². The van der Waals surface area contributed by atoms with Crippen LogP contribution < -0.4 is 5.32 Å². The van der Waals surface area contributed by atoms with E-state index in [2.05, 4.69) is 10.4 Å². The van der Waals surface area contributed by atoms with Gasteiger partial charge in [-0.1, -0.05) is 30.3 Å². The normalized spacial score (nSPS) is 11.2. The molecule has 134 valence electrons. The Balaban J connectivity index is 2.06. The van der Waals surface area contributed by atoms with Gasteiger partial charge in [-0.3, -0.25) is 9.48 Å². The topological polar surface area (TPSA) is 73.2 Å². The number of aromatic nitrogens is 2. The second-order valence-corrected chi connectivity index (χ2v) is 7.06. The van der Waals surface area contributed by atoms with Crippen molar-refractivity contribution in [3.8, 4) is 0 Å². The summed E-state index contributed by atoms with van der Waals surface area (Å²) in [6.07, 6.45) is 0. The Hall–Kier alpha value is -2.63. The van der Waals surface area contributed by atoms with Gasteiger partial charge in [-0.25, -0.2) is 4.79 Å². The highest BCUT2D eigenvalue weighted by molar-refractivity contribution is 5.93. The van der Waals surface area contributed by atoms with E-state index in [1.165, 1.54) is 0 Å². The number of ether oxygens (including phenoxy) is 1. The van der Waals surface area contributed by atoms with E-state index in [1.54, 1.807) is 11.6 Å². The van der Waals surface area contributed by atoms with Crippen molar-refractivity contribution in [2.45, 2.75) is 46.7 Å². The maximum Gasteiger partial charge on any atom is 0.342 e. The van der Waals surface area contributed by atoms with Crippen LogP contribution in [0.1, 0.15) is 48.1 Å². The van der Waals surface area contributed by atoms with Crippen LogP contribution in [0, 0.1) is 13.8 Å². The highest BCUT2D eigenvalue weighted by Gasteiger charge is 2.22. The summed E-state index contributed by atoms with van der Waals surface area (Å²) in [5, 5.41) is 7.18. The second-order valence-electron chi connectivity index (χ2n) is 7.06. The average molecular weight is 343 g/mol. The van der Waals surface area contributed by atoms with E-state index in [-0.39, 0.29) is 18.1 Å². The first-order valence-corrected chi connectivity index (χ1v) is 8.23. The molecular weight excluding hydrogens is 318 g/mol. The van der Waals surface area contributed by atoms with Crippen molar-refractivity contribution in [3.63, 3.8) is 0 Å².